The highest BCUT2D eigenvalue weighted by molar-refractivity contribution is 9.10. The molecule has 4 nitrogen and oxygen atoms in total. The summed E-state index contributed by atoms with van der Waals surface area (Å²) in [4.78, 5) is 8.75. The van der Waals surface area contributed by atoms with E-state index in [-0.39, 0.29) is 0 Å². The van der Waals surface area contributed by atoms with Crippen LogP contribution in [0.4, 0.5) is 0 Å². The first kappa shape index (κ1) is 11.3. The average molecular weight is 303 g/mol. The second kappa shape index (κ2) is 4.49. The summed E-state index contributed by atoms with van der Waals surface area (Å²) >= 11 is 3.49. The summed E-state index contributed by atoms with van der Waals surface area (Å²) in [6, 6.07) is 5.85. The smallest absolute Gasteiger partial charge is 0.170 e. The molecule has 0 aliphatic rings. The maximum atomic E-state index is 4.41. The Labute approximate surface area is 113 Å². The van der Waals surface area contributed by atoms with E-state index in [1.807, 2.05) is 30.6 Å². The van der Waals surface area contributed by atoms with E-state index in [9.17, 15) is 0 Å². The zero-order chi connectivity index (χ0) is 12.5. The molecule has 0 atom stereocenters. The molecule has 0 saturated carbocycles. The van der Waals surface area contributed by atoms with Gasteiger partial charge in [-0.2, -0.15) is 9.78 Å². The highest BCUT2D eigenvalue weighted by Gasteiger charge is 2.11. The number of aryl methyl sites for hydroxylation is 1. The van der Waals surface area contributed by atoms with Gasteiger partial charge in [-0.25, -0.2) is 9.97 Å². The summed E-state index contributed by atoms with van der Waals surface area (Å²) in [5.41, 5.74) is 2.09. The molecule has 3 rings (SSSR count). The lowest BCUT2D eigenvalue weighted by Crippen LogP contribution is -2.01. The third-order valence-electron chi connectivity index (χ3n) is 2.88. The lowest BCUT2D eigenvalue weighted by Gasteiger charge is -2.04. The van der Waals surface area contributed by atoms with Gasteiger partial charge < -0.3 is 0 Å². The van der Waals surface area contributed by atoms with Crippen molar-refractivity contribution >= 4 is 27.0 Å². The lowest BCUT2D eigenvalue weighted by molar-refractivity contribution is 0.857. The molecule has 0 aliphatic carbocycles. The highest BCUT2D eigenvalue weighted by atomic mass is 79.9. The molecular weight excluding hydrogens is 292 g/mol. The first-order valence-corrected chi connectivity index (χ1v) is 6.53. The molecule has 0 unspecified atom stereocenters. The van der Waals surface area contributed by atoms with E-state index in [0.717, 1.165) is 27.7 Å². The molecule has 0 amide bonds. The Balaban J connectivity index is 2.29. The minimum atomic E-state index is 0.758. The van der Waals surface area contributed by atoms with E-state index in [4.69, 9.17) is 0 Å². The summed E-state index contributed by atoms with van der Waals surface area (Å²) in [6.07, 6.45) is 6.38. The van der Waals surface area contributed by atoms with E-state index >= 15 is 0 Å². The average Bonchev–Trinajstić information content (AvgIpc) is 2.83. The van der Waals surface area contributed by atoms with Crippen LogP contribution in [0, 0.1) is 0 Å². The van der Waals surface area contributed by atoms with Crippen LogP contribution < -0.4 is 0 Å². The van der Waals surface area contributed by atoms with Crippen LogP contribution in [0.2, 0.25) is 0 Å². The Morgan fingerprint density at radius 3 is 2.89 bits per heavy atom. The molecule has 18 heavy (non-hydrogen) atoms. The molecule has 0 aliphatic heterocycles. The Morgan fingerprint density at radius 2 is 2.11 bits per heavy atom. The van der Waals surface area contributed by atoms with Gasteiger partial charge in [-0.15, -0.1) is 0 Å². The van der Waals surface area contributed by atoms with Crippen LogP contribution in [-0.2, 0) is 6.42 Å². The topological polar surface area (TPSA) is 43.6 Å². The van der Waals surface area contributed by atoms with Crippen molar-refractivity contribution in [3.8, 4) is 5.82 Å². The van der Waals surface area contributed by atoms with Crippen LogP contribution in [0.25, 0.3) is 16.9 Å². The van der Waals surface area contributed by atoms with E-state index in [1.54, 1.807) is 10.9 Å². The van der Waals surface area contributed by atoms with Gasteiger partial charge in [0, 0.05) is 17.8 Å². The predicted molar refractivity (Wildman–Crippen MR) is 73.7 cm³/mol. The number of pyridine rings is 2. The molecule has 0 N–H and O–H groups in total. The van der Waals surface area contributed by atoms with Crippen LogP contribution in [0.3, 0.4) is 0 Å². The number of rotatable bonds is 2. The molecular formula is C13H11BrN4. The van der Waals surface area contributed by atoms with Crippen molar-refractivity contribution in [3.05, 3.63) is 46.8 Å². The third-order valence-corrected chi connectivity index (χ3v) is 3.50. The van der Waals surface area contributed by atoms with Gasteiger partial charge in [-0.3, -0.25) is 0 Å². The number of aromatic nitrogens is 4. The lowest BCUT2D eigenvalue weighted by atomic mass is 10.1. The van der Waals surface area contributed by atoms with Crippen LogP contribution >= 0.6 is 15.9 Å². The van der Waals surface area contributed by atoms with E-state index in [1.165, 1.54) is 5.56 Å². The van der Waals surface area contributed by atoms with Crippen molar-refractivity contribution in [2.75, 3.05) is 0 Å². The van der Waals surface area contributed by atoms with Crippen molar-refractivity contribution < 1.29 is 0 Å². The van der Waals surface area contributed by atoms with Crippen LogP contribution in [0.15, 0.2) is 41.3 Å². The van der Waals surface area contributed by atoms with Crippen LogP contribution in [0.1, 0.15) is 12.5 Å². The zero-order valence-electron chi connectivity index (χ0n) is 9.84. The molecule has 3 heterocycles. The minimum Gasteiger partial charge on any atom is -0.236 e. The fourth-order valence-corrected chi connectivity index (χ4v) is 2.40. The Bertz CT molecular complexity index is 705. The zero-order valence-corrected chi connectivity index (χ0v) is 11.4. The molecule has 3 aromatic rings. The Hall–Kier alpha value is -1.75. The number of halogens is 1. The van der Waals surface area contributed by atoms with Crippen molar-refractivity contribution in [1.82, 2.24) is 19.7 Å². The van der Waals surface area contributed by atoms with E-state index < -0.39 is 0 Å². The number of fused-ring (bicyclic) bond motifs is 1. The van der Waals surface area contributed by atoms with E-state index in [2.05, 4.69) is 37.9 Å². The van der Waals surface area contributed by atoms with Gasteiger partial charge in [-0.1, -0.05) is 6.92 Å². The van der Waals surface area contributed by atoms with Crippen LogP contribution in [-0.4, -0.2) is 19.7 Å². The molecule has 0 aromatic carbocycles. The molecule has 0 bridgehead atoms. The molecule has 0 radical (unpaired) electrons. The number of hydrogen-bond donors (Lipinski definition) is 0. The minimum absolute atomic E-state index is 0.758. The van der Waals surface area contributed by atoms with Crippen molar-refractivity contribution in [3.63, 3.8) is 0 Å². The van der Waals surface area contributed by atoms with Gasteiger partial charge in [0.15, 0.2) is 11.5 Å². The maximum Gasteiger partial charge on any atom is 0.170 e. The quantitative estimate of drug-likeness (QED) is 0.730. The van der Waals surface area contributed by atoms with Gasteiger partial charge in [0.25, 0.3) is 0 Å². The first-order valence-electron chi connectivity index (χ1n) is 5.73. The van der Waals surface area contributed by atoms with Crippen LogP contribution in [0.5, 0.6) is 0 Å². The van der Waals surface area contributed by atoms with Gasteiger partial charge in [0.1, 0.15) is 0 Å². The monoisotopic (exact) mass is 302 g/mol. The Morgan fingerprint density at radius 1 is 1.22 bits per heavy atom. The maximum absolute atomic E-state index is 4.41. The summed E-state index contributed by atoms with van der Waals surface area (Å²) in [6.45, 7) is 2.13. The normalized spacial score (nSPS) is 11.0. The Kier molecular flexibility index (Phi) is 2.83. The van der Waals surface area contributed by atoms with Gasteiger partial charge >= 0.3 is 0 Å². The predicted octanol–water partition coefficient (Wildman–Crippen LogP) is 3.14. The van der Waals surface area contributed by atoms with Gasteiger partial charge in [-0.05, 0) is 46.1 Å². The molecule has 0 spiro atoms. The molecule has 0 fully saturated rings. The SMILES string of the molecule is CCc1ccnc2c1cnn2-c1ncccc1Br. The second-order valence-corrected chi connectivity index (χ2v) is 4.78. The summed E-state index contributed by atoms with van der Waals surface area (Å²) < 4.78 is 2.66. The number of nitrogens with zero attached hydrogens (tertiary/aromatic N) is 4. The third kappa shape index (κ3) is 1.71. The molecule has 5 heteroatoms. The van der Waals surface area contributed by atoms with Crippen molar-refractivity contribution in [1.29, 1.82) is 0 Å². The fraction of sp³-hybridized carbons (Fsp3) is 0.154. The largest absolute Gasteiger partial charge is 0.236 e. The second-order valence-electron chi connectivity index (χ2n) is 3.93. The summed E-state index contributed by atoms with van der Waals surface area (Å²) in [7, 11) is 0. The number of hydrogen-bond acceptors (Lipinski definition) is 3. The fourth-order valence-electron chi connectivity index (χ4n) is 1.98. The summed E-state index contributed by atoms with van der Waals surface area (Å²) in [5.74, 6) is 0.758. The molecule has 90 valence electrons. The standard InChI is InChI=1S/C13H11BrN4/c1-2-9-5-7-16-12-10(9)8-17-18(12)13-11(14)4-3-6-15-13/h3-8H,2H2,1H3. The first-order chi connectivity index (χ1) is 8.81. The van der Waals surface area contributed by atoms with Crippen molar-refractivity contribution in [2.24, 2.45) is 0 Å². The molecule has 3 aromatic heterocycles. The highest BCUT2D eigenvalue weighted by Crippen LogP contribution is 2.23. The van der Waals surface area contributed by atoms with Gasteiger partial charge in [0.2, 0.25) is 0 Å². The van der Waals surface area contributed by atoms with Crippen molar-refractivity contribution in [2.45, 2.75) is 13.3 Å². The van der Waals surface area contributed by atoms with E-state index in [0.29, 0.717) is 0 Å². The summed E-state index contributed by atoms with van der Waals surface area (Å²) in [5, 5.41) is 5.48. The van der Waals surface area contributed by atoms with Gasteiger partial charge in [0.05, 0.1) is 10.7 Å². The molecule has 0 saturated heterocycles.